The first-order valence-electron chi connectivity index (χ1n) is 5.09. The van der Waals surface area contributed by atoms with E-state index in [1.165, 1.54) is 0 Å². The van der Waals surface area contributed by atoms with Crippen molar-refractivity contribution in [2.24, 2.45) is 0 Å². The van der Waals surface area contributed by atoms with Crippen LogP contribution in [0.5, 0.6) is 0 Å². The molecule has 0 atom stereocenters. The topological polar surface area (TPSA) is 130 Å². The molecule has 10 N–H and O–H groups in total. The summed E-state index contributed by atoms with van der Waals surface area (Å²) in [5.74, 6) is 0. The average Bonchev–Trinajstić information content (AvgIpc) is 2.29. The number of para-hydroxylation sites is 1. The van der Waals surface area contributed by atoms with Crippen LogP contribution in [0.15, 0.2) is 30.3 Å². The van der Waals surface area contributed by atoms with Gasteiger partial charge in [-0.3, -0.25) is 0 Å². The van der Waals surface area contributed by atoms with E-state index < -0.39 is 0 Å². The van der Waals surface area contributed by atoms with Crippen molar-refractivity contribution >= 4 is 28.4 Å². The van der Waals surface area contributed by atoms with Crippen LogP contribution in [0.25, 0.3) is 11.1 Å². The van der Waals surface area contributed by atoms with Crippen LogP contribution in [-0.4, -0.2) is 0 Å². The number of anilines is 5. The summed E-state index contributed by atoms with van der Waals surface area (Å²) in [4.78, 5) is 0. The Morgan fingerprint density at radius 3 is 1.82 bits per heavy atom. The lowest BCUT2D eigenvalue weighted by molar-refractivity contribution is 1.59. The zero-order chi connectivity index (χ0) is 12.6. The van der Waals surface area contributed by atoms with Crippen molar-refractivity contribution in [3.63, 3.8) is 0 Å². The van der Waals surface area contributed by atoms with Crippen LogP contribution >= 0.6 is 0 Å². The lowest BCUT2D eigenvalue weighted by atomic mass is 10.0. The third kappa shape index (κ3) is 1.78. The molecule has 0 spiro atoms. The van der Waals surface area contributed by atoms with Crippen molar-refractivity contribution in [1.82, 2.24) is 0 Å². The standard InChI is InChI=1S/C12H15N5/c13-8-3-1-2-7(11(8)16)6-4-9(14)12(17)10(15)5-6/h1-5H,13-17H2. The fraction of sp³-hybridized carbons (Fsp3) is 0. The molecule has 0 saturated carbocycles. The van der Waals surface area contributed by atoms with E-state index in [0.29, 0.717) is 28.4 Å². The number of nitrogens with two attached hydrogens (primary N) is 5. The third-order valence-corrected chi connectivity index (χ3v) is 2.69. The minimum atomic E-state index is 0.385. The fourth-order valence-electron chi connectivity index (χ4n) is 1.69. The number of hydrogen-bond acceptors (Lipinski definition) is 5. The largest absolute Gasteiger partial charge is 0.397 e. The van der Waals surface area contributed by atoms with Crippen LogP contribution in [0.2, 0.25) is 0 Å². The average molecular weight is 229 g/mol. The molecule has 17 heavy (non-hydrogen) atoms. The van der Waals surface area contributed by atoms with Gasteiger partial charge < -0.3 is 28.7 Å². The summed E-state index contributed by atoms with van der Waals surface area (Å²) in [5.41, 5.74) is 32.8. The highest BCUT2D eigenvalue weighted by Gasteiger charge is 2.08. The first-order chi connectivity index (χ1) is 8.00. The maximum atomic E-state index is 5.91. The number of rotatable bonds is 1. The normalized spacial score (nSPS) is 10.4. The molecule has 0 fully saturated rings. The van der Waals surface area contributed by atoms with Crippen molar-refractivity contribution in [3.05, 3.63) is 30.3 Å². The number of nitrogen functional groups attached to an aromatic ring is 5. The molecule has 2 rings (SSSR count). The molecule has 0 heterocycles. The molecule has 88 valence electrons. The van der Waals surface area contributed by atoms with Gasteiger partial charge in [0.1, 0.15) is 0 Å². The number of benzene rings is 2. The zero-order valence-electron chi connectivity index (χ0n) is 9.27. The Balaban J connectivity index is 2.65. The predicted octanol–water partition coefficient (Wildman–Crippen LogP) is 1.26. The molecular formula is C12H15N5. The Kier molecular flexibility index (Phi) is 2.44. The van der Waals surface area contributed by atoms with Crippen LogP contribution in [0.1, 0.15) is 0 Å². The van der Waals surface area contributed by atoms with Gasteiger partial charge in [-0.15, -0.1) is 0 Å². The molecule has 0 radical (unpaired) electrons. The second-order valence-corrected chi connectivity index (χ2v) is 3.88. The van der Waals surface area contributed by atoms with Gasteiger partial charge in [0.2, 0.25) is 0 Å². The van der Waals surface area contributed by atoms with Gasteiger partial charge in [-0.1, -0.05) is 12.1 Å². The fourth-order valence-corrected chi connectivity index (χ4v) is 1.69. The smallest absolute Gasteiger partial charge is 0.0781 e. The Labute approximate surface area is 99.2 Å². The van der Waals surface area contributed by atoms with Gasteiger partial charge in [0.15, 0.2) is 0 Å². The molecule has 0 bridgehead atoms. The summed E-state index contributed by atoms with van der Waals surface area (Å²) in [7, 11) is 0. The van der Waals surface area contributed by atoms with E-state index in [1.807, 2.05) is 12.1 Å². The lowest BCUT2D eigenvalue weighted by Crippen LogP contribution is -2.02. The van der Waals surface area contributed by atoms with E-state index in [-0.39, 0.29) is 0 Å². The molecular weight excluding hydrogens is 214 g/mol. The van der Waals surface area contributed by atoms with E-state index in [1.54, 1.807) is 18.2 Å². The van der Waals surface area contributed by atoms with E-state index in [0.717, 1.165) is 11.1 Å². The van der Waals surface area contributed by atoms with Crippen LogP contribution in [-0.2, 0) is 0 Å². The van der Waals surface area contributed by atoms with Gasteiger partial charge in [0.05, 0.1) is 28.4 Å². The van der Waals surface area contributed by atoms with Crippen LogP contribution in [0.3, 0.4) is 0 Å². The molecule has 0 aromatic heterocycles. The molecule has 0 aliphatic heterocycles. The second-order valence-electron chi connectivity index (χ2n) is 3.88. The molecule has 0 aliphatic rings. The molecule has 5 heteroatoms. The SMILES string of the molecule is Nc1cc(-c2cccc(N)c2N)cc(N)c1N. The quantitative estimate of drug-likeness (QED) is 0.470. The van der Waals surface area contributed by atoms with Crippen molar-refractivity contribution in [2.75, 3.05) is 28.7 Å². The molecule has 5 nitrogen and oxygen atoms in total. The molecule has 2 aromatic rings. The van der Waals surface area contributed by atoms with Crippen LogP contribution < -0.4 is 28.7 Å². The van der Waals surface area contributed by atoms with Gasteiger partial charge >= 0.3 is 0 Å². The first kappa shape index (κ1) is 10.9. The van der Waals surface area contributed by atoms with E-state index in [9.17, 15) is 0 Å². The Morgan fingerprint density at radius 2 is 1.24 bits per heavy atom. The van der Waals surface area contributed by atoms with Gasteiger partial charge in [-0.05, 0) is 23.8 Å². The van der Waals surface area contributed by atoms with Gasteiger partial charge in [0, 0.05) is 5.56 Å². The summed E-state index contributed by atoms with van der Waals surface area (Å²) in [5, 5.41) is 0. The monoisotopic (exact) mass is 229 g/mol. The lowest BCUT2D eigenvalue weighted by Gasteiger charge is -2.11. The maximum absolute atomic E-state index is 5.91. The molecule has 2 aromatic carbocycles. The van der Waals surface area contributed by atoms with E-state index >= 15 is 0 Å². The summed E-state index contributed by atoms with van der Waals surface area (Å²) in [6, 6.07) is 8.89. The molecule has 0 unspecified atom stereocenters. The molecule has 0 saturated heterocycles. The van der Waals surface area contributed by atoms with Gasteiger partial charge in [-0.2, -0.15) is 0 Å². The highest BCUT2D eigenvalue weighted by atomic mass is 14.7. The molecule has 0 aliphatic carbocycles. The van der Waals surface area contributed by atoms with Crippen molar-refractivity contribution in [2.45, 2.75) is 0 Å². The summed E-state index contributed by atoms with van der Waals surface area (Å²) in [6.07, 6.45) is 0. The van der Waals surface area contributed by atoms with Crippen molar-refractivity contribution < 1.29 is 0 Å². The highest BCUT2D eigenvalue weighted by Crippen LogP contribution is 2.35. The Bertz CT molecular complexity index is 554. The van der Waals surface area contributed by atoms with Crippen LogP contribution in [0.4, 0.5) is 28.4 Å². The van der Waals surface area contributed by atoms with Crippen molar-refractivity contribution in [3.8, 4) is 11.1 Å². The Morgan fingerprint density at radius 1 is 0.647 bits per heavy atom. The summed E-state index contributed by atoms with van der Waals surface area (Å²) in [6.45, 7) is 0. The van der Waals surface area contributed by atoms with E-state index in [4.69, 9.17) is 28.7 Å². The van der Waals surface area contributed by atoms with Crippen molar-refractivity contribution in [1.29, 1.82) is 0 Å². The predicted molar refractivity (Wildman–Crippen MR) is 73.9 cm³/mol. The van der Waals surface area contributed by atoms with Gasteiger partial charge in [0.25, 0.3) is 0 Å². The van der Waals surface area contributed by atoms with E-state index in [2.05, 4.69) is 0 Å². The Hall–Kier alpha value is -2.56. The second kappa shape index (κ2) is 3.79. The summed E-state index contributed by atoms with van der Waals surface area (Å²) < 4.78 is 0. The molecule has 0 amide bonds. The third-order valence-electron chi connectivity index (χ3n) is 2.69. The minimum Gasteiger partial charge on any atom is -0.397 e. The van der Waals surface area contributed by atoms with Gasteiger partial charge in [-0.25, -0.2) is 0 Å². The minimum absolute atomic E-state index is 0.385. The highest BCUT2D eigenvalue weighted by molar-refractivity contribution is 5.90. The maximum Gasteiger partial charge on any atom is 0.0781 e. The first-order valence-corrected chi connectivity index (χ1v) is 5.09. The number of hydrogen-bond donors (Lipinski definition) is 5. The summed E-state index contributed by atoms with van der Waals surface area (Å²) >= 11 is 0. The van der Waals surface area contributed by atoms with Crippen LogP contribution in [0, 0.1) is 0 Å². The zero-order valence-corrected chi connectivity index (χ0v) is 9.27.